The lowest BCUT2D eigenvalue weighted by atomic mass is 9.99. The van der Waals surface area contributed by atoms with E-state index in [-0.39, 0.29) is 0 Å². The molecule has 1 saturated heterocycles. The molecular weight excluding hydrogens is 306 g/mol. The summed E-state index contributed by atoms with van der Waals surface area (Å²) in [5.41, 5.74) is 0. The summed E-state index contributed by atoms with van der Waals surface area (Å²) in [6, 6.07) is 7.76. The lowest BCUT2D eigenvalue weighted by Crippen LogP contribution is -2.36. The van der Waals surface area contributed by atoms with E-state index in [9.17, 15) is 0 Å². The number of hydrogen-bond acceptors (Lipinski definition) is 3. The van der Waals surface area contributed by atoms with Crippen LogP contribution in [0.15, 0.2) is 24.3 Å². The Bertz CT molecular complexity index is 361. The van der Waals surface area contributed by atoms with Crippen LogP contribution in [0.5, 0.6) is 11.5 Å². The predicted molar refractivity (Wildman–Crippen MR) is 81.4 cm³/mol. The van der Waals surface area contributed by atoms with Gasteiger partial charge in [-0.05, 0) is 56.1 Å². The van der Waals surface area contributed by atoms with Crippen molar-refractivity contribution in [3.8, 4) is 11.5 Å². The Hall–Kier alpha value is -0.740. The fourth-order valence-corrected chi connectivity index (χ4v) is 2.98. The molecule has 0 radical (unpaired) electrons. The second kappa shape index (κ2) is 7.75. The lowest BCUT2D eigenvalue weighted by Gasteiger charge is -2.30. The third kappa shape index (κ3) is 4.69. The topological polar surface area (TPSA) is 21.7 Å². The zero-order chi connectivity index (χ0) is 13.5. The van der Waals surface area contributed by atoms with Crippen molar-refractivity contribution in [2.24, 2.45) is 5.92 Å². The quantitative estimate of drug-likeness (QED) is 0.749. The van der Waals surface area contributed by atoms with Crippen molar-refractivity contribution in [2.45, 2.75) is 12.8 Å². The summed E-state index contributed by atoms with van der Waals surface area (Å²) in [7, 11) is 1.67. The molecular formula is C15H22BrNO2. The highest BCUT2D eigenvalue weighted by molar-refractivity contribution is 9.09. The molecule has 0 aromatic heterocycles. The molecule has 1 fully saturated rings. The van der Waals surface area contributed by atoms with E-state index in [2.05, 4.69) is 20.8 Å². The number of ether oxygens (including phenoxy) is 2. The van der Waals surface area contributed by atoms with Gasteiger partial charge in [-0.3, -0.25) is 4.90 Å². The molecule has 0 aliphatic carbocycles. The first-order chi connectivity index (χ1) is 9.31. The van der Waals surface area contributed by atoms with Gasteiger partial charge in [-0.25, -0.2) is 0 Å². The molecule has 2 rings (SSSR count). The number of likely N-dealkylation sites (tertiary alicyclic amines) is 1. The smallest absolute Gasteiger partial charge is 0.119 e. The molecule has 0 unspecified atom stereocenters. The molecule has 3 nitrogen and oxygen atoms in total. The lowest BCUT2D eigenvalue weighted by molar-refractivity contribution is 0.162. The van der Waals surface area contributed by atoms with E-state index >= 15 is 0 Å². The number of hydrogen-bond donors (Lipinski definition) is 0. The first-order valence-corrected chi connectivity index (χ1v) is 7.99. The summed E-state index contributed by atoms with van der Waals surface area (Å²) in [5, 5.41) is 1.14. The van der Waals surface area contributed by atoms with Crippen LogP contribution in [0.2, 0.25) is 0 Å². The second-order valence-corrected chi connectivity index (χ2v) is 5.61. The van der Waals surface area contributed by atoms with Crippen LogP contribution in [0.4, 0.5) is 0 Å². The fourth-order valence-electron chi connectivity index (χ4n) is 2.33. The standard InChI is InChI=1S/C15H22BrNO2/c1-18-14-2-4-15(5-3-14)19-11-10-17-8-6-13(12-16)7-9-17/h2-5,13H,6-12H2,1H3. The van der Waals surface area contributed by atoms with E-state index < -0.39 is 0 Å². The predicted octanol–water partition coefficient (Wildman–Crippen LogP) is 3.18. The van der Waals surface area contributed by atoms with E-state index in [1.54, 1.807) is 7.11 Å². The van der Waals surface area contributed by atoms with Crippen molar-refractivity contribution in [1.29, 1.82) is 0 Å². The van der Waals surface area contributed by atoms with Crippen LogP contribution >= 0.6 is 15.9 Å². The third-order valence-electron chi connectivity index (χ3n) is 3.66. The molecule has 1 aliphatic rings. The van der Waals surface area contributed by atoms with Gasteiger partial charge in [-0.15, -0.1) is 0 Å². The van der Waals surface area contributed by atoms with Gasteiger partial charge in [-0.1, -0.05) is 15.9 Å². The van der Waals surface area contributed by atoms with E-state index in [1.165, 1.54) is 25.9 Å². The van der Waals surface area contributed by atoms with Gasteiger partial charge in [-0.2, -0.15) is 0 Å². The minimum Gasteiger partial charge on any atom is -0.497 e. The zero-order valence-corrected chi connectivity index (χ0v) is 13.1. The number of rotatable bonds is 6. The maximum Gasteiger partial charge on any atom is 0.119 e. The number of methoxy groups -OCH3 is 1. The molecule has 0 spiro atoms. The molecule has 106 valence electrons. The Balaban J connectivity index is 1.66. The molecule has 0 amide bonds. The zero-order valence-electron chi connectivity index (χ0n) is 11.5. The van der Waals surface area contributed by atoms with Crippen LogP contribution in [0.25, 0.3) is 0 Å². The Morgan fingerprint density at radius 3 is 2.37 bits per heavy atom. The van der Waals surface area contributed by atoms with Crippen molar-refractivity contribution in [1.82, 2.24) is 4.90 Å². The Labute approximate surface area is 124 Å². The number of halogens is 1. The molecule has 1 aromatic carbocycles. The van der Waals surface area contributed by atoms with E-state index in [1.807, 2.05) is 24.3 Å². The summed E-state index contributed by atoms with van der Waals surface area (Å²) in [6.45, 7) is 4.16. The van der Waals surface area contributed by atoms with Crippen LogP contribution in [0.3, 0.4) is 0 Å². The van der Waals surface area contributed by atoms with E-state index in [0.29, 0.717) is 0 Å². The first-order valence-electron chi connectivity index (χ1n) is 6.87. The molecule has 4 heteroatoms. The van der Waals surface area contributed by atoms with E-state index in [4.69, 9.17) is 9.47 Å². The monoisotopic (exact) mass is 327 g/mol. The average Bonchev–Trinajstić information content (AvgIpc) is 2.49. The van der Waals surface area contributed by atoms with Crippen molar-refractivity contribution in [3.05, 3.63) is 24.3 Å². The Kier molecular flexibility index (Phi) is 5.98. The molecule has 0 bridgehead atoms. The molecule has 19 heavy (non-hydrogen) atoms. The largest absolute Gasteiger partial charge is 0.497 e. The number of nitrogens with zero attached hydrogens (tertiary/aromatic N) is 1. The van der Waals surface area contributed by atoms with Crippen molar-refractivity contribution >= 4 is 15.9 Å². The Morgan fingerprint density at radius 2 is 1.79 bits per heavy atom. The van der Waals surface area contributed by atoms with Crippen LogP contribution in [0.1, 0.15) is 12.8 Å². The summed E-state index contributed by atoms with van der Waals surface area (Å²) < 4.78 is 10.9. The first kappa shape index (κ1) is 14.7. The van der Waals surface area contributed by atoms with Gasteiger partial charge in [0.1, 0.15) is 18.1 Å². The van der Waals surface area contributed by atoms with Crippen molar-refractivity contribution in [3.63, 3.8) is 0 Å². The van der Waals surface area contributed by atoms with Crippen LogP contribution in [-0.2, 0) is 0 Å². The van der Waals surface area contributed by atoms with Gasteiger partial charge in [0.25, 0.3) is 0 Å². The highest BCUT2D eigenvalue weighted by atomic mass is 79.9. The molecule has 0 atom stereocenters. The van der Waals surface area contributed by atoms with Gasteiger partial charge in [0.15, 0.2) is 0 Å². The van der Waals surface area contributed by atoms with Crippen LogP contribution in [-0.4, -0.2) is 43.6 Å². The number of alkyl halides is 1. The van der Waals surface area contributed by atoms with Crippen LogP contribution in [0, 0.1) is 5.92 Å². The van der Waals surface area contributed by atoms with Gasteiger partial charge in [0, 0.05) is 11.9 Å². The Morgan fingerprint density at radius 1 is 1.16 bits per heavy atom. The molecule has 1 aliphatic heterocycles. The molecule has 1 aromatic rings. The third-order valence-corrected chi connectivity index (χ3v) is 4.58. The number of benzene rings is 1. The van der Waals surface area contributed by atoms with Crippen LogP contribution < -0.4 is 9.47 Å². The second-order valence-electron chi connectivity index (χ2n) is 4.96. The SMILES string of the molecule is COc1ccc(OCCN2CCC(CBr)CC2)cc1. The maximum absolute atomic E-state index is 5.75. The molecule has 1 heterocycles. The fraction of sp³-hybridized carbons (Fsp3) is 0.600. The van der Waals surface area contributed by atoms with Gasteiger partial charge >= 0.3 is 0 Å². The molecule has 0 saturated carbocycles. The summed E-state index contributed by atoms with van der Waals surface area (Å²) in [6.07, 6.45) is 2.60. The summed E-state index contributed by atoms with van der Waals surface area (Å²) >= 11 is 3.57. The van der Waals surface area contributed by atoms with Crippen molar-refractivity contribution < 1.29 is 9.47 Å². The minimum absolute atomic E-state index is 0.755. The molecule has 0 N–H and O–H groups in total. The highest BCUT2D eigenvalue weighted by Gasteiger charge is 2.17. The maximum atomic E-state index is 5.75. The van der Waals surface area contributed by atoms with Gasteiger partial charge < -0.3 is 9.47 Å². The minimum atomic E-state index is 0.755. The average molecular weight is 328 g/mol. The number of piperidine rings is 1. The van der Waals surface area contributed by atoms with Gasteiger partial charge in [0.2, 0.25) is 0 Å². The summed E-state index contributed by atoms with van der Waals surface area (Å²) in [5.74, 6) is 2.64. The van der Waals surface area contributed by atoms with Crippen molar-refractivity contribution in [2.75, 3.05) is 38.7 Å². The normalized spacial score (nSPS) is 17.4. The summed E-state index contributed by atoms with van der Waals surface area (Å²) in [4.78, 5) is 2.49. The van der Waals surface area contributed by atoms with Gasteiger partial charge in [0.05, 0.1) is 7.11 Å². The highest BCUT2D eigenvalue weighted by Crippen LogP contribution is 2.19. The van der Waals surface area contributed by atoms with E-state index in [0.717, 1.165) is 35.9 Å².